The lowest BCUT2D eigenvalue weighted by molar-refractivity contribution is -0.143. The van der Waals surface area contributed by atoms with Crippen LogP contribution < -0.4 is 10.6 Å². The number of hydrogen-bond donors (Lipinski definition) is 2. The molecule has 24 heavy (non-hydrogen) atoms. The highest BCUT2D eigenvalue weighted by Gasteiger charge is 2.34. The highest BCUT2D eigenvalue weighted by Crippen LogP contribution is 2.20. The van der Waals surface area contributed by atoms with Gasteiger partial charge in [0.1, 0.15) is 0 Å². The lowest BCUT2D eigenvalue weighted by Crippen LogP contribution is -2.46. The molecule has 2 rings (SSSR count). The number of aliphatic imine (C=N–C) groups is 1. The fourth-order valence-corrected chi connectivity index (χ4v) is 3.34. The average molecular weight is 463 g/mol. The summed E-state index contributed by atoms with van der Waals surface area (Å²) in [5.41, 5.74) is 0. The third kappa shape index (κ3) is 7.30. The number of alkyl halides is 3. The van der Waals surface area contributed by atoms with Gasteiger partial charge in [-0.1, -0.05) is 6.92 Å². The van der Waals surface area contributed by atoms with E-state index in [-0.39, 0.29) is 30.0 Å². The predicted octanol–water partition coefficient (Wildman–Crippen LogP) is 1.75. The van der Waals surface area contributed by atoms with E-state index in [1.807, 2.05) is 0 Å². The van der Waals surface area contributed by atoms with Crippen LogP contribution in [0.3, 0.4) is 0 Å². The Morgan fingerprint density at radius 1 is 1.17 bits per heavy atom. The van der Waals surface area contributed by atoms with Crippen molar-refractivity contribution in [3.8, 4) is 0 Å². The van der Waals surface area contributed by atoms with Crippen LogP contribution in [-0.2, 0) is 0 Å². The predicted molar refractivity (Wildman–Crippen MR) is 101 cm³/mol. The van der Waals surface area contributed by atoms with E-state index in [0.717, 1.165) is 26.2 Å². The van der Waals surface area contributed by atoms with E-state index in [4.69, 9.17) is 0 Å². The largest absolute Gasteiger partial charge is 0.401 e. The van der Waals surface area contributed by atoms with E-state index in [1.54, 1.807) is 7.05 Å². The smallest absolute Gasteiger partial charge is 0.356 e. The molecule has 2 aliphatic rings. The fraction of sp³-hybridized carbons (Fsp3) is 0.933. The maximum atomic E-state index is 12.4. The van der Waals surface area contributed by atoms with E-state index in [1.165, 1.54) is 11.3 Å². The van der Waals surface area contributed by atoms with Gasteiger partial charge in [-0.25, -0.2) is 0 Å². The molecule has 0 amide bonds. The number of guanidine groups is 1. The Kier molecular flexibility index (Phi) is 9.07. The monoisotopic (exact) mass is 463 g/mol. The molecule has 142 valence electrons. The molecule has 2 saturated heterocycles. The molecule has 0 spiro atoms. The van der Waals surface area contributed by atoms with Crippen LogP contribution in [0.4, 0.5) is 13.2 Å². The van der Waals surface area contributed by atoms with Crippen LogP contribution in [0, 0.1) is 5.92 Å². The van der Waals surface area contributed by atoms with Gasteiger partial charge in [-0.05, 0) is 31.8 Å². The molecule has 5 nitrogen and oxygen atoms in total. The first-order valence-corrected chi connectivity index (χ1v) is 8.38. The molecule has 0 radical (unpaired) electrons. The summed E-state index contributed by atoms with van der Waals surface area (Å²) in [5.74, 6) is 1.30. The van der Waals surface area contributed by atoms with Crippen LogP contribution in [0.15, 0.2) is 4.99 Å². The molecule has 9 heteroatoms. The number of nitrogens with one attached hydrogen (secondary N) is 2. The molecule has 2 heterocycles. The minimum atomic E-state index is -4.12. The van der Waals surface area contributed by atoms with Crippen LogP contribution in [-0.4, -0.2) is 80.8 Å². The molecule has 0 bridgehead atoms. The van der Waals surface area contributed by atoms with Gasteiger partial charge in [-0.2, -0.15) is 13.2 Å². The van der Waals surface area contributed by atoms with E-state index in [9.17, 15) is 13.2 Å². The van der Waals surface area contributed by atoms with Crippen molar-refractivity contribution in [3.05, 3.63) is 0 Å². The van der Waals surface area contributed by atoms with E-state index < -0.39 is 12.7 Å². The molecule has 0 aromatic rings. The standard InChI is InChI=1S/C15H28F3N5.HI/c1-3-22-6-4-12(9-22)8-20-14(19-2)21-13-5-7-23(10-13)11-15(16,17)18;/h12-13H,3-11H2,1-2H3,(H2,19,20,21);1H. The third-order valence-electron chi connectivity index (χ3n) is 4.62. The van der Waals surface area contributed by atoms with Gasteiger partial charge in [0.15, 0.2) is 5.96 Å². The minimum Gasteiger partial charge on any atom is -0.356 e. The Morgan fingerprint density at radius 2 is 1.88 bits per heavy atom. The minimum absolute atomic E-state index is 0. The summed E-state index contributed by atoms with van der Waals surface area (Å²) in [6.45, 7) is 6.41. The molecule has 2 fully saturated rings. The van der Waals surface area contributed by atoms with Crippen molar-refractivity contribution < 1.29 is 13.2 Å². The number of hydrogen-bond acceptors (Lipinski definition) is 3. The SMILES string of the molecule is CCN1CCC(CNC(=NC)NC2CCN(CC(F)(F)F)C2)C1.I. The van der Waals surface area contributed by atoms with Crippen LogP contribution in [0.5, 0.6) is 0 Å². The Labute approximate surface area is 159 Å². The second-order valence-corrected chi connectivity index (χ2v) is 6.48. The summed E-state index contributed by atoms with van der Waals surface area (Å²) in [6, 6.07) is 0.0271. The lowest BCUT2D eigenvalue weighted by Gasteiger charge is -2.21. The summed E-state index contributed by atoms with van der Waals surface area (Å²) < 4.78 is 37.2. The normalized spacial score (nSPS) is 26.5. The second kappa shape index (κ2) is 10.0. The number of nitrogens with zero attached hydrogens (tertiary/aromatic N) is 3. The first-order chi connectivity index (χ1) is 10.9. The zero-order valence-corrected chi connectivity index (χ0v) is 16.7. The molecule has 0 aromatic heterocycles. The van der Waals surface area contributed by atoms with E-state index in [0.29, 0.717) is 31.4 Å². The second-order valence-electron chi connectivity index (χ2n) is 6.48. The van der Waals surface area contributed by atoms with Gasteiger partial charge in [0.05, 0.1) is 6.54 Å². The number of rotatable bonds is 5. The lowest BCUT2D eigenvalue weighted by atomic mass is 10.1. The molecule has 2 unspecified atom stereocenters. The third-order valence-corrected chi connectivity index (χ3v) is 4.62. The molecule has 0 aromatic carbocycles. The fourth-order valence-electron chi connectivity index (χ4n) is 3.34. The average Bonchev–Trinajstić information content (AvgIpc) is 3.10. The van der Waals surface area contributed by atoms with Gasteiger partial charge >= 0.3 is 6.18 Å². The van der Waals surface area contributed by atoms with Gasteiger partial charge in [0.2, 0.25) is 0 Å². The maximum Gasteiger partial charge on any atom is 0.401 e. The Hall–Kier alpha value is -0.290. The summed E-state index contributed by atoms with van der Waals surface area (Å²) in [4.78, 5) is 8.06. The molecule has 0 saturated carbocycles. The van der Waals surface area contributed by atoms with Gasteiger partial charge in [-0.15, -0.1) is 24.0 Å². The van der Waals surface area contributed by atoms with Gasteiger partial charge < -0.3 is 15.5 Å². The topological polar surface area (TPSA) is 42.9 Å². The molecule has 2 aliphatic heterocycles. The first-order valence-electron chi connectivity index (χ1n) is 8.38. The molecule has 0 aliphatic carbocycles. The van der Waals surface area contributed by atoms with Gasteiger partial charge in [0.25, 0.3) is 0 Å². The van der Waals surface area contributed by atoms with Crippen molar-refractivity contribution >= 4 is 29.9 Å². The Morgan fingerprint density at radius 3 is 2.46 bits per heavy atom. The van der Waals surface area contributed by atoms with Crippen molar-refractivity contribution in [2.75, 3.05) is 52.9 Å². The Bertz CT molecular complexity index is 405. The zero-order valence-electron chi connectivity index (χ0n) is 14.4. The quantitative estimate of drug-likeness (QED) is 0.371. The van der Waals surface area contributed by atoms with Crippen LogP contribution in [0.2, 0.25) is 0 Å². The highest BCUT2D eigenvalue weighted by atomic mass is 127. The van der Waals surface area contributed by atoms with Crippen molar-refractivity contribution in [2.45, 2.75) is 32.0 Å². The van der Waals surface area contributed by atoms with Crippen molar-refractivity contribution in [1.29, 1.82) is 0 Å². The van der Waals surface area contributed by atoms with Crippen molar-refractivity contribution in [3.63, 3.8) is 0 Å². The van der Waals surface area contributed by atoms with Crippen LogP contribution in [0.25, 0.3) is 0 Å². The number of halogens is 4. The summed E-state index contributed by atoms with van der Waals surface area (Å²) in [7, 11) is 1.70. The molecular weight excluding hydrogens is 434 g/mol. The van der Waals surface area contributed by atoms with Gasteiger partial charge in [0, 0.05) is 39.3 Å². The van der Waals surface area contributed by atoms with Crippen molar-refractivity contribution in [2.24, 2.45) is 10.9 Å². The summed E-state index contributed by atoms with van der Waals surface area (Å²) in [5, 5.41) is 6.56. The maximum absolute atomic E-state index is 12.4. The van der Waals surface area contributed by atoms with Crippen LogP contribution in [0.1, 0.15) is 19.8 Å². The Balaban J connectivity index is 0.00000288. The summed E-state index contributed by atoms with van der Waals surface area (Å²) >= 11 is 0. The summed E-state index contributed by atoms with van der Waals surface area (Å²) in [6.07, 6.45) is -2.23. The number of likely N-dealkylation sites (tertiary alicyclic amines) is 2. The molecule has 2 N–H and O–H groups in total. The molecular formula is C15H29F3IN5. The van der Waals surface area contributed by atoms with E-state index >= 15 is 0 Å². The first kappa shape index (κ1) is 21.8. The van der Waals surface area contributed by atoms with Crippen molar-refractivity contribution in [1.82, 2.24) is 20.4 Å². The highest BCUT2D eigenvalue weighted by molar-refractivity contribution is 14.0. The molecule has 2 atom stereocenters. The van der Waals surface area contributed by atoms with Gasteiger partial charge in [-0.3, -0.25) is 9.89 Å². The van der Waals surface area contributed by atoms with Crippen LogP contribution >= 0.6 is 24.0 Å². The van der Waals surface area contributed by atoms with E-state index in [2.05, 4.69) is 27.4 Å². The zero-order chi connectivity index (χ0) is 16.9.